The quantitative estimate of drug-likeness (QED) is 0.304. The lowest BCUT2D eigenvalue weighted by Gasteiger charge is -2.32. The molecule has 0 heterocycles. The second-order valence-electron chi connectivity index (χ2n) is 9.83. The van der Waals surface area contributed by atoms with Gasteiger partial charge in [0, 0.05) is 39.2 Å². The highest BCUT2D eigenvalue weighted by atomic mass is 16.5. The summed E-state index contributed by atoms with van der Waals surface area (Å²) in [6.07, 6.45) is 9.00. The van der Waals surface area contributed by atoms with Gasteiger partial charge in [0.2, 0.25) is 0 Å². The first-order valence-electron chi connectivity index (χ1n) is 12.6. The van der Waals surface area contributed by atoms with Crippen LogP contribution in [0.15, 0.2) is 0 Å². The Kier molecular flexibility index (Phi) is 11.9. The minimum Gasteiger partial charge on any atom is -0.469 e. The summed E-state index contributed by atoms with van der Waals surface area (Å²) in [4.78, 5) is 35.6. The lowest BCUT2D eigenvalue weighted by Crippen LogP contribution is -2.30. The highest BCUT2D eigenvalue weighted by Gasteiger charge is 2.40. The average molecular weight is 463 g/mol. The van der Waals surface area contributed by atoms with Crippen LogP contribution in [-0.4, -0.2) is 43.6 Å². The predicted octanol–water partition coefficient (Wildman–Crippen LogP) is 4.87. The highest BCUT2D eigenvalue weighted by Crippen LogP contribution is 2.40. The summed E-state index contributed by atoms with van der Waals surface area (Å²) in [5.74, 6) is 6.61. The molecule has 0 aromatic heterocycles. The van der Waals surface area contributed by atoms with E-state index in [1.807, 2.05) is 0 Å². The topological polar surface area (TPSA) is 78.9 Å². The SMILES string of the molecule is CC#CCCC(=O)CC(C)C1CC(COC2CCCCC2CCC(=O)OC)C[C@H]1OC(C)=O. The maximum atomic E-state index is 12.4. The van der Waals surface area contributed by atoms with Gasteiger partial charge in [0.15, 0.2) is 0 Å². The van der Waals surface area contributed by atoms with E-state index in [1.54, 1.807) is 6.92 Å². The molecule has 0 aliphatic heterocycles. The Bertz CT molecular complexity index is 705. The minimum absolute atomic E-state index is 0.156. The minimum atomic E-state index is -0.265. The molecule has 0 aromatic rings. The molecule has 2 aliphatic carbocycles. The number of carbonyl (C=O) groups excluding carboxylic acids is 3. The number of esters is 2. The molecule has 6 atom stereocenters. The Morgan fingerprint density at radius 3 is 2.52 bits per heavy atom. The average Bonchev–Trinajstić information content (AvgIpc) is 3.18. The monoisotopic (exact) mass is 462 g/mol. The third kappa shape index (κ3) is 9.49. The Hall–Kier alpha value is -1.87. The van der Waals surface area contributed by atoms with Crippen molar-refractivity contribution >= 4 is 17.7 Å². The van der Waals surface area contributed by atoms with Gasteiger partial charge in [-0.1, -0.05) is 19.8 Å². The van der Waals surface area contributed by atoms with Gasteiger partial charge in [-0.15, -0.1) is 11.8 Å². The standard InChI is InChI=1S/C27H42O6/c1-5-6-7-11-23(29)15-19(2)24-16-21(17-26(24)33-20(3)28)18-32-25-12-9-8-10-22(25)13-14-27(30)31-4/h19,21-22,24-26H,7-18H2,1-4H3/t19?,21?,22?,24?,25?,26-/m1/s1. The third-order valence-electron chi connectivity index (χ3n) is 7.28. The van der Waals surface area contributed by atoms with Gasteiger partial charge < -0.3 is 14.2 Å². The van der Waals surface area contributed by atoms with Crippen molar-refractivity contribution in [1.82, 2.24) is 0 Å². The number of ketones is 1. The van der Waals surface area contributed by atoms with Crippen molar-refractivity contribution in [3.63, 3.8) is 0 Å². The molecule has 5 unspecified atom stereocenters. The van der Waals surface area contributed by atoms with Crippen LogP contribution in [0.5, 0.6) is 0 Å². The van der Waals surface area contributed by atoms with Crippen molar-refractivity contribution in [1.29, 1.82) is 0 Å². The molecule has 0 aromatic carbocycles. The first-order valence-corrected chi connectivity index (χ1v) is 12.6. The van der Waals surface area contributed by atoms with E-state index >= 15 is 0 Å². The first kappa shape index (κ1) is 27.4. The molecule has 6 nitrogen and oxygen atoms in total. The molecule has 6 heteroatoms. The predicted molar refractivity (Wildman–Crippen MR) is 126 cm³/mol. The van der Waals surface area contributed by atoms with Gasteiger partial charge in [-0.25, -0.2) is 0 Å². The fraction of sp³-hybridized carbons (Fsp3) is 0.815. The summed E-state index contributed by atoms with van der Waals surface area (Å²) in [5.41, 5.74) is 0. The number of Topliss-reactive ketones (excluding diaryl/α,β-unsaturated/α-hetero) is 1. The molecule has 0 bridgehead atoms. The maximum absolute atomic E-state index is 12.4. The van der Waals surface area contributed by atoms with E-state index in [9.17, 15) is 14.4 Å². The second kappa shape index (κ2) is 14.4. The van der Waals surface area contributed by atoms with E-state index in [0.717, 1.165) is 38.5 Å². The zero-order valence-electron chi connectivity index (χ0n) is 20.9. The van der Waals surface area contributed by atoms with Crippen LogP contribution in [0.2, 0.25) is 0 Å². The Balaban J connectivity index is 1.90. The molecule has 2 fully saturated rings. The largest absolute Gasteiger partial charge is 0.469 e. The molecule has 33 heavy (non-hydrogen) atoms. The van der Waals surface area contributed by atoms with Crippen LogP contribution >= 0.6 is 0 Å². The molecule has 2 rings (SSSR count). The maximum Gasteiger partial charge on any atom is 0.305 e. The number of hydrogen-bond donors (Lipinski definition) is 0. The van der Waals surface area contributed by atoms with Crippen LogP contribution < -0.4 is 0 Å². The Morgan fingerprint density at radius 2 is 1.82 bits per heavy atom. The molecule has 0 saturated heterocycles. The van der Waals surface area contributed by atoms with Crippen LogP contribution in [0, 0.1) is 35.5 Å². The van der Waals surface area contributed by atoms with Crippen LogP contribution in [0.3, 0.4) is 0 Å². The van der Waals surface area contributed by atoms with Gasteiger partial charge in [0.1, 0.15) is 11.9 Å². The van der Waals surface area contributed by atoms with E-state index < -0.39 is 0 Å². The summed E-state index contributed by atoms with van der Waals surface area (Å²) < 4.78 is 16.9. The van der Waals surface area contributed by atoms with E-state index in [4.69, 9.17) is 14.2 Å². The lowest BCUT2D eigenvalue weighted by atomic mass is 9.83. The summed E-state index contributed by atoms with van der Waals surface area (Å²) >= 11 is 0. The molecule has 0 N–H and O–H groups in total. The van der Waals surface area contributed by atoms with Crippen molar-refractivity contribution in [2.75, 3.05) is 13.7 Å². The summed E-state index contributed by atoms with van der Waals surface area (Å²) in [6.45, 7) is 5.97. The van der Waals surface area contributed by atoms with Gasteiger partial charge in [-0.2, -0.15) is 0 Å². The number of methoxy groups -OCH3 is 1. The molecule has 2 aliphatic rings. The Morgan fingerprint density at radius 1 is 1.06 bits per heavy atom. The summed E-state index contributed by atoms with van der Waals surface area (Å²) in [5, 5.41) is 0. The molecule has 0 radical (unpaired) electrons. The van der Waals surface area contributed by atoms with Crippen molar-refractivity contribution in [3.05, 3.63) is 0 Å². The lowest BCUT2D eigenvalue weighted by molar-refractivity contribution is -0.149. The third-order valence-corrected chi connectivity index (χ3v) is 7.28. The second-order valence-corrected chi connectivity index (χ2v) is 9.83. The smallest absolute Gasteiger partial charge is 0.305 e. The van der Waals surface area contributed by atoms with Gasteiger partial charge in [-0.05, 0) is 62.7 Å². The van der Waals surface area contributed by atoms with Crippen LogP contribution in [0.25, 0.3) is 0 Å². The van der Waals surface area contributed by atoms with E-state index in [0.29, 0.717) is 44.1 Å². The van der Waals surface area contributed by atoms with Crippen LogP contribution in [-0.2, 0) is 28.6 Å². The first-order chi connectivity index (χ1) is 15.8. The van der Waals surface area contributed by atoms with Crippen molar-refractivity contribution in [2.45, 2.75) is 104 Å². The molecular weight excluding hydrogens is 420 g/mol. The molecule has 186 valence electrons. The molecular formula is C27H42O6. The zero-order chi connectivity index (χ0) is 24.2. The fourth-order valence-corrected chi connectivity index (χ4v) is 5.55. The van der Waals surface area contributed by atoms with Gasteiger partial charge >= 0.3 is 11.9 Å². The molecule has 0 spiro atoms. The van der Waals surface area contributed by atoms with Gasteiger partial charge in [0.05, 0.1) is 13.2 Å². The summed E-state index contributed by atoms with van der Waals surface area (Å²) in [7, 11) is 1.43. The Labute approximate surface area is 199 Å². The number of ether oxygens (including phenoxy) is 3. The summed E-state index contributed by atoms with van der Waals surface area (Å²) in [6, 6.07) is 0. The fourth-order valence-electron chi connectivity index (χ4n) is 5.55. The highest BCUT2D eigenvalue weighted by molar-refractivity contribution is 5.78. The number of hydrogen-bond acceptors (Lipinski definition) is 6. The van der Waals surface area contributed by atoms with Crippen LogP contribution in [0.4, 0.5) is 0 Å². The van der Waals surface area contributed by atoms with Crippen molar-refractivity contribution < 1.29 is 28.6 Å². The number of carbonyl (C=O) groups is 3. The number of rotatable bonds is 12. The zero-order valence-corrected chi connectivity index (χ0v) is 20.9. The van der Waals surface area contributed by atoms with Crippen LogP contribution in [0.1, 0.15) is 91.4 Å². The van der Waals surface area contributed by atoms with Gasteiger partial charge in [0.25, 0.3) is 0 Å². The van der Waals surface area contributed by atoms with E-state index in [1.165, 1.54) is 20.5 Å². The molecule has 2 saturated carbocycles. The normalized spacial score (nSPS) is 27.8. The van der Waals surface area contributed by atoms with Crippen molar-refractivity contribution in [2.24, 2.45) is 23.7 Å². The van der Waals surface area contributed by atoms with E-state index in [-0.39, 0.29) is 41.8 Å². The van der Waals surface area contributed by atoms with Gasteiger partial charge in [-0.3, -0.25) is 14.4 Å². The van der Waals surface area contributed by atoms with Crippen molar-refractivity contribution in [3.8, 4) is 11.8 Å². The van der Waals surface area contributed by atoms with E-state index in [2.05, 4.69) is 18.8 Å². The molecule has 0 amide bonds.